The van der Waals surface area contributed by atoms with Gasteiger partial charge in [0.1, 0.15) is 0 Å². The Morgan fingerprint density at radius 1 is 1.08 bits per heavy atom. The summed E-state index contributed by atoms with van der Waals surface area (Å²) in [5.41, 5.74) is 0. The van der Waals surface area contributed by atoms with Crippen LogP contribution >= 0.6 is 0 Å². The zero-order valence-electron chi connectivity index (χ0n) is 7.91. The molecule has 0 atom stereocenters. The molecule has 0 unspecified atom stereocenters. The third kappa shape index (κ3) is 3.09. The topological polar surface area (TPSA) is 27.7 Å². The summed E-state index contributed by atoms with van der Waals surface area (Å²) in [4.78, 5) is 9.47. The Morgan fingerprint density at radius 3 is 2.25 bits per heavy atom. The average molecular weight is 174 g/mol. The van der Waals surface area contributed by atoms with Gasteiger partial charge in [0.05, 0.1) is 19.8 Å². The molecule has 72 valence electrons. The highest BCUT2D eigenvalue weighted by Gasteiger charge is 2.20. The molecule has 0 aromatic carbocycles. The highest BCUT2D eigenvalue weighted by Crippen LogP contribution is 2.25. The summed E-state index contributed by atoms with van der Waals surface area (Å²) in [5.74, 6) is 0.663. The van der Waals surface area contributed by atoms with Crippen LogP contribution in [0.15, 0.2) is 0 Å². The molecule has 0 saturated heterocycles. The van der Waals surface area contributed by atoms with Crippen molar-refractivity contribution in [2.75, 3.05) is 20.8 Å². The van der Waals surface area contributed by atoms with Crippen molar-refractivity contribution in [3.63, 3.8) is 0 Å². The lowest BCUT2D eigenvalue weighted by atomic mass is 9.88. The Hall–Kier alpha value is -0.120. The minimum atomic E-state index is 0.476. The molecule has 3 nitrogen and oxygen atoms in total. The van der Waals surface area contributed by atoms with Crippen LogP contribution in [0.3, 0.4) is 0 Å². The predicted octanol–water partition coefficient (Wildman–Crippen LogP) is 1.77. The van der Waals surface area contributed by atoms with Crippen LogP contribution in [0.1, 0.15) is 25.7 Å². The molecule has 1 aliphatic rings. The summed E-state index contributed by atoms with van der Waals surface area (Å²) < 4.78 is 5.27. The first-order valence-corrected chi connectivity index (χ1v) is 4.55. The molecule has 1 aliphatic carbocycles. The molecule has 0 N–H and O–H groups in total. The first-order chi connectivity index (χ1) is 5.86. The van der Waals surface area contributed by atoms with Gasteiger partial charge >= 0.3 is 0 Å². The maximum atomic E-state index is 5.27. The number of methoxy groups -OCH3 is 1. The normalized spacial score (nSPS) is 30.5. The summed E-state index contributed by atoms with van der Waals surface area (Å²) in [7, 11) is 3.34. The molecule has 3 heteroatoms. The van der Waals surface area contributed by atoms with Gasteiger partial charge in [0.2, 0.25) is 0 Å². The van der Waals surface area contributed by atoms with E-state index in [0.717, 1.165) is 19.4 Å². The summed E-state index contributed by atoms with van der Waals surface area (Å²) in [6, 6.07) is 0. The van der Waals surface area contributed by atoms with Crippen molar-refractivity contribution >= 4 is 0 Å². The summed E-state index contributed by atoms with van der Waals surface area (Å²) in [6.07, 6.45) is 5.19. The predicted molar refractivity (Wildman–Crippen MR) is 45.7 cm³/mol. The van der Waals surface area contributed by atoms with Crippen molar-refractivity contribution in [2.45, 2.75) is 31.8 Å². The number of hydrogen-bond acceptors (Lipinski definition) is 3. The Morgan fingerprint density at radius 2 is 1.75 bits per heavy atom. The zero-order valence-corrected chi connectivity index (χ0v) is 7.91. The zero-order chi connectivity index (χ0) is 8.81. The lowest BCUT2D eigenvalue weighted by Crippen LogP contribution is -2.23. The molecule has 0 radical (unpaired) electrons. The van der Waals surface area contributed by atoms with E-state index >= 15 is 0 Å². The van der Waals surface area contributed by atoms with Crippen LogP contribution in [-0.4, -0.2) is 26.9 Å². The maximum absolute atomic E-state index is 5.27. The van der Waals surface area contributed by atoms with E-state index in [9.17, 15) is 0 Å². The van der Waals surface area contributed by atoms with Gasteiger partial charge in [0.25, 0.3) is 0 Å². The van der Waals surface area contributed by atoms with E-state index in [1.807, 2.05) is 0 Å². The SMILES string of the molecule is COOCC1CCC(OC)CC1. The summed E-state index contributed by atoms with van der Waals surface area (Å²) >= 11 is 0. The Bertz CT molecular complexity index is 108. The summed E-state index contributed by atoms with van der Waals surface area (Å²) in [5, 5.41) is 0. The number of ether oxygens (including phenoxy) is 1. The van der Waals surface area contributed by atoms with Gasteiger partial charge in [-0.1, -0.05) is 0 Å². The highest BCUT2D eigenvalue weighted by atomic mass is 17.2. The van der Waals surface area contributed by atoms with Gasteiger partial charge in [-0.3, -0.25) is 0 Å². The van der Waals surface area contributed by atoms with Gasteiger partial charge < -0.3 is 4.74 Å². The molecule has 1 rings (SSSR count). The van der Waals surface area contributed by atoms with E-state index in [1.165, 1.54) is 12.8 Å². The molecule has 0 aromatic rings. The van der Waals surface area contributed by atoms with Crippen molar-refractivity contribution < 1.29 is 14.5 Å². The van der Waals surface area contributed by atoms with Crippen LogP contribution in [0.2, 0.25) is 0 Å². The largest absolute Gasteiger partial charge is 0.381 e. The maximum Gasteiger partial charge on any atom is 0.0850 e. The van der Waals surface area contributed by atoms with Crippen LogP contribution in [0, 0.1) is 5.92 Å². The highest BCUT2D eigenvalue weighted by molar-refractivity contribution is 4.71. The van der Waals surface area contributed by atoms with Crippen molar-refractivity contribution in [2.24, 2.45) is 5.92 Å². The second kappa shape index (κ2) is 5.51. The monoisotopic (exact) mass is 174 g/mol. The molecule has 0 aliphatic heterocycles. The Labute approximate surface area is 73.9 Å². The Kier molecular flexibility index (Phi) is 4.58. The molecule has 0 spiro atoms. The van der Waals surface area contributed by atoms with Gasteiger partial charge in [0.15, 0.2) is 0 Å². The third-order valence-electron chi connectivity index (χ3n) is 2.55. The van der Waals surface area contributed by atoms with E-state index in [4.69, 9.17) is 9.62 Å². The van der Waals surface area contributed by atoms with Gasteiger partial charge in [-0.15, -0.1) is 0 Å². The minimum absolute atomic E-state index is 0.476. The van der Waals surface area contributed by atoms with Crippen LogP contribution in [0.25, 0.3) is 0 Å². The standard InChI is InChI=1S/C9H18O3/c1-10-9-5-3-8(4-6-9)7-12-11-2/h8-9H,3-7H2,1-2H3. The molecule has 0 aromatic heterocycles. The van der Waals surface area contributed by atoms with Crippen LogP contribution in [0.4, 0.5) is 0 Å². The molecule has 1 fully saturated rings. The number of rotatable bonds is 4. The Balaban J connectivity index is 2.09. The lowest BCUT2D eigenvalue weighted by Gasteiger charge is -2.26. The third-order valence-corrected chi connectivity index (χ3v) is 2.55. The van der Waals surface area contributed by atoms with Crippen molar-refractivity contribution in [3.05, 3.63) is 0 Å². The quantitative estimate of drug-likeness (QED) is 0.480. The van der Waals surface area contributed by atoms with Gasteiger partial charge in [-0.25, -0.2) is 9.78 Å². The molecule has 0 bridgehead atoms. The minimum Gasteiger partial charge on any atom is -0.381 e. The lowest BCUT2D eigenvalue weighted by molar-refractivity contribution is -0.281. The van der Waals surface area contributed by atoms with Crippen molar-refractivity contribution in [1.29, 1.82) is 0 Å². The van der Waals surface area contributed by atoms with E-state index in [1.54, 1.807) is 14.2 Å². The van der Waals surface area contributed by atoms with E-state index < -0.39 is 0 Å². The molecule has 0 amide bonds. The smallest absolute Gasteiger partial charge is 0.0850 e. The van der Waals surface area contributed by atoms with Crippen LogP contribution < -0.4 is 0 Å². The average Bonchev–Trinajstić information content (AvgIpc) is 2.15. The first-order valence-electron chi connectivity index (χ1n) is 4.55. The van der Waals surface area contributed by atoms with Gasteiger partial charge in [-0.2, -0.15) is 0 Å². The van der Waals surface area contributed by atoms with Crippen LogP contribution in [-0.2, 0) is 14.5 Å². The first kappa shape index (κ1) is 9.96. The second-order valence-corrected chi connectivity index (χ2v) is 3.33. The fourth-order valence-electron chi connectivity index (χ4n) is 1.70. The van der Waals surface area contributed by atoms with E-state index in [2.05, 4.69) is 4.89 Å². The summed E-state index contributed by atoms with van der Waals surface area (Å²) in [6.45, 7) is 0.729. The van der Waals surface area contributed by atoms with Crippen molar-refractivity contribution in [3.8, 4) is 0 Å². The van der Waals surface area contributed by atoms with Crippen molar-refractivity contribution in [1.82, 2.24) is 0 Å². The molecule has 1 saturated carbocycles. The van der Waals surface area contributed by atoms with Crippen LogP contribution in [0.5, 0.6) is 0 Å². The molecule has 12 heavy (non-hydrogen) atoms. The van der Waals surface area contributed by atoms with E-state index in [0.29, 0.717) is 12.0 Å². The van der Waals surface area contributed by atoms with E-state index in [-0.39, 0.29) is 0 Å². The fraction of sp³-hybridized carbons (Fsp3) is 1.00. The van der Waals surface area contributed by atoms with Gasteiger partial charge in [0, 0.05) is 7.11 Å². The van der Waals surface area contributed by atoms with Gasteiger partial charge in [-0.05, 0) is 31.6 Å². The number of hydrogen-bond donors (Lipinski definition) is 0. The second-order valence-electron chi connectivity index (χ2n) is 3.33. The molecule has 0 heterocycles. The fourth-order valence-corrected chi connectivity index (χ4v) is 1.70. The molecular formula is C9H18O3. The molecular weight excluding hydrogens is 156 g/mol.